The van der Waals surface area contributed by atoms with Crippen LogP contribution in [-0.2, 0) is 13.6 Å². The summed E-state index contributed by atoms with van der Waals surface area (Å²) in [5.74, 6) is 0.791. The normalized spacial score (nSPS) is 11.7. The summed E-state index contributed by atoms with van der Waals surface area (Å²) in [7, 11) is -1.62. The number of hydrogen-bond donors (Lipinski definition) is 1. The van der Waals surface area contributed by atoms with Crippen molar-refractivity contribution >= 4 is 13.8 Å². The Kier molecular flexibility index (Phi) is 6.64. The first-order valence-corrected chi connectivity index (χ1v) is 7.65. The fourth-order valence-corrected chi connectivity index (χ4v) is 2.55. The van der Waals surface area contributed by atoms with E-state index in [4.69, 9.17) is 13.8 Å². The molecule has 0 atom stereocenters. The van der Waals surface area contributed by atoms with Gasteiger partial charge in [-0.1, -0.05) is 12.1 Å². The van der Waals surface area contributed by atoms with Crippen molar-refractivity contribution < 1.29 is 18.3 Å². The van der Waals surface area contributed by atoms with Gasteiger partial charge in [-0.25, -0.2) is 4.57 Å². The Balaban J connectivity index is 2.62. The molecule has 0 saturated heterocycles. The zero-order valence-corrected chi connectivity index (χ0v) is 12.4. The second kappa shape index (κ2) is 8.00. The van der Waals surface area contributed by atoms with Gasteiger partial charge in [0.15, 0.2) is 0 Å². The highest BCUT2D eigenvalue weighted by Crippen LogP contribution is 2.43. The maximum atomic E-state index is 12.1. The summed E-state index contributed by atoms with van der Waals surface area (Å²) in [5, 5.41) is 2.67. The van der Waals surface area contributed by atoms with Gasteiger partial charge in [-0.2, -0.15) is 0 Å². The second-order valence-corrected chi connectivity index (χ2v) is 5.34. The monoisotopic (exact) mass is 285 g/mol. The van der Waals surface area contributed by atoms with E-state index in [0.29, 0.717) is 13.2 Å². The maximum absolute atomic E-state index is 12.1. The maximum Gasteiger partial charge on any atom is 0.432 e. The van der Waals surface area contributed by atoms with Crippen molar-refractivity contribution in [2.75, 3.05) is 20.3 Å². The van der Waals surface area contributed by atoms with Gasteiger partial charge < -0.3 is 4.74 Å². The van der Waals surface area contributed by atoms with Crippen LogP contribution in [0.1, 0.15) is 19.4 Å². The molecule has 0 aliphatic heterocycles. The highest BCUT2D eigenvalue weighted by Gasteiger charge is 2.20. The van der Waals surface area contributed by atoms with Crippen LogP contribution in [0.4, 0.5) is 0 Å². The lowest BCUT2D eigenvalue weighted by molar-refractivity contribution is 0.215. The molecule has 0 aliphatic carbocycles. The summed E-state index contributed by atoms with van der Waals surface area (Å²) in [6, 6.07) is 7.49. The van der Waals surface area contributed by atoms with E-state index in [1.165, 1.54) is 0 Å². The molecule has 0 heterocycles. The van der Waals surface area contributed by atoms with Gasteiger partial charge in [-0.05, 0) is 37.6 Å². The summed E-state index contributed by atoms with van der Waals surface area (Å²) in [4.78, 5) is 0. The molecule has 6 heteroatoms. The van der Waals surface area contributed by atoms with Crippen molar-refractivity contribution in [3.05, 3.63) is 36.0 Å². The van der Waals surface area contributed by atoms with E-state index in [1.54, 1.807) is 33.2 Å². The number of rotatable bonds is 8. The summed E-state index contributed by atoms with van der Waals surface area (Å²) < 4.78 is 27.3. The molecule has 1 rings (SSSR count). The van der Waals surface area contributed by atoms with Crippen molar-refractivity contribution in [1.82, 2.24) is 5.09 Å². The number of nitrogens with one attached hydrogen (secondary N) is 1. The van der Waals surface area contributed by atoms with Crippen LogP contribution in [0.2, 0.25) is 0 Å². The highest BCUT2D eigenvalue weighted by molar-refractivity contribution is 7.51. The molecule has 0 unspecified atom stereocenters. The Bertz CT molecular complexity index is 434. The van der Waals surface area contributed by atoms with Crippen molar-refractivity contribution in [2.24, 2.45) is 0 Å². The largest absolute Gasteiger partial charge is 0.497 e. The lowest BCUT2D eigenvalue weighted by Crippen LogP contribution is -2.08. The molecular formula is C13H20NO4P. The van der Waals surface area contributed by atoms with E-state index in [1.807, 2.05) is 24.3 Å². The van der Waals surface area contributed by atoms with Crippen LogP contribution >= 0.6 is 7.75 Å². The topological polar surface area (TPSA) is 56.8 Å². The zero-order chi connectivity index (χ0) is 14.1. The minimum Gasteiger partial charge on any atom is -0.497 e. The molecule has 106 valence electrons. The Hall–Kier alpha value is -1.29. The molecule has 1 aromatic rings. The third kappa shape index (κ3) is 5.47. The smallest absolute Gasteiger partial charge is 0.432 e. The molecule has 0 bridgehead atoms. The fraction of sp³-hybridized carbons (Fsp3) is 0.385. The molecule has 1 aromatic carbocycles. The van der Waals surface area contributed by atoms with E-state index in [-0.39, 0.29) is 0 Å². The molecule has 0 fully saturated rings. The minimum atomic E-state index is -3.23. The van der Waals surface area contributed by atoms with E-state index < -0.39 is 7.75 Å². The molecule has 0 aromatic heterocycles. The number of benzene rings is 1. The minimum absolute atomic E-state index is 0.320. The lowest BCUT2D eigenvalue weighted by atomic mass is 10.2. The molecule has 0 amide bonds. The lowest BCUT2D eigenvalue weighted by Gasteiger charge is -2.15. The number of hydrogen-bond acceptors (Lipinski definition) is 4. The van der Waals surface area contributed by atoms with Gasteiger partial charge in [0, 0.05) is 6.20 Å². The number of methoxy groups -OCH3 is 1. The second-order valence-electron chi connectivity index (χ2n) is 3.57. The van der Waals surface area contributed by atoms with E-state index in [0.717, 1.165) is 11.3 Å². The quantitative estimate of drug-likeness (QED) is 0.741. The van der Waals surface area contributed by atoms with Gasteiger partial charge >= 0.3 is 7.75 Å². The predicted molar refractivity (Wildman–Crippen MR) is 76.0 cm³/mol. The first-order valence-electron chi connectivity index (χ1n) is 6.11. The number of ether oxygens (including phenoxy) is 1. The van der Waals surface area contributed by atoms with Crippen molar-refractivity contribution in [3.63, 3.8) is 0 Å². The molecule has 5 nitrogen and oxygen atoms in total. The standard InChI is InChI=1S/C13H20NO4P/c1-4-17-19(15,18-5-2)14-11-10-12-6-8-13(16-3)9-7-12/h6-11H,4-5H2,1-3H3,(H,14,15). The fourth-order valence-electron chi connectivity index (χ4n) is 1.39. The average molecular weight is 285 g/mol. The average Bonchev–Trinajstić information content (AvgIpc) is 2.40. The van der Waals surface area contributed by atoms with Crippen LogP contribution in [0.25, 0.3) is 6.08 Å². The summed E-state index contributed by atoms with van der Waals surface area (Å²) in [5.41, 5.74) is 0.952. The summed E-state index contributed by atoms with van der Waals surface area (Å²) >= 11 is 0. The SMILES string of the molecule is CCOP(=O)(NC=Cc1ccc(OC)cc1)OCC. The van der Waals surface area contributed by atoms with Crippen LogP contribution in [0.3, 0.4) is 0 Å². The third-order valence-electron chi connectivity index (χ3n) is 2.22. The van der Waals surface area contributed by atoms with Crippen LogP contribution in [0, 0.1) is 0 Å². The molecule has 0 spiro atoms. The van der Waals surface area contributed by atoms with Crippen molar-refractivity contribution in [3.8, 4) is 5.75 Å². The predicted octanol–water partition coefficient (Wildman–Crippen LogP) is 3.44. The first kappa shape index (κ1) is 15.8. The van der Waals surface area contributed by atoms with Crippen molar-refractivity contribution in [2.45, 2.75) is 13.8 Å². The molecule has 19 heavy (non-hydrogen) atoms. The molecular weight excluding hydrogens is 265 g/mol. The van der Waals surface area contributed by atoms with E-state index in [9.17, 15) is 4.57 Å². The Morgan fingerprint density at radius 3 is 2.21 bits per heavy atom. The molecule has 0 saturated carbocycles. The van der Waals surface area contributed by atoms with Gasteiger partial charge in [0.05, 0.1) is 20.3 Å². The zero-order valence-electron chi connectivity index (χ0n) is 11.5. The summed E-state index contributed by atoms with van der Waals surface area (Å²) in [6.07, 6.45) is 3.35. The summed E-state index contributed by atoms with van der Waals surface area (Å²) in [6.45, 7) is 4.17. The highest BCUT2D eigenvalue weighted by atomic mass is 31.2. The van der Waals surface area contributed by atoms with Crippen molar-refractivity contribution in [1.29, 1.82) is 0 Å². The van der Waals surface area contributed by atoms with Gasteiger partial charge in [-0.3, -0.25) is 14.1 Å². The van der Waals surface area contributed by atoms with Crippen LogP contribution in [0.5, 0.6) is 5.75 Å². The molecule has 0 aliphatic rings. The van der Waals surface area contributed by atoms with Crippen LogP contribution in [-0.4, -0.2) is 20.3 Å². The van der Waals surface area contributed by atoms with Gasteiger partial charge in [0.25, 0.3) is 0 Å². The van der Waals surface area contributed by atoms with Gasteiger partial charge in [-0.15, -0.1) is 0 Å². The van der Waals surface area contributed by atoms with Crippen LogP contribution in [0.15, 0.2) is 30.5 Å². The molecule has 1 N–H and O–H groups in total. The molecule has 0 radical (unpaired) electrons. The Morgan fingerprint density at radius 2 is 1.74 bits per heavy atom. The Labute approximate surface area is 114 Å². The van der Waals surface area contributed by atoms with Gasteiger partial charge in [0.1, 0.15) is 5.75 Å². The Morgan fingerprint density at radius 1 is 1.16 bits per heavy atom. The van der Waals surface area contributed by atoms with E-state index >= 15 is 0 Å². The van der Waals surface area contributed by atoms with E-state index in [2.05, 4.69) is 5.09 Å². The van der Waals surface area contributed by atoms with Gasteiger partial charge in [0.2, 0.25) is 0 Å². The third-order valence-corrected chi connectivity index (χ3v) is 3.88. The first-order chi connectivity index (χ1) is 9.13. The van der Waals surface area contributed by atoms with Crippen LogP contribution < -0.4 is 9.82 Å².